The van der Waals surface area contributed by atoms with Crippen LogP contribution in [0.4, 0.5) is 0 Å². The van der Waals surface area contributed by atoms with Crippen LogP contribution in [0.1, 0.15) is 18.9 Å². The first-order valence-electron chi connectivity index (χ1n) is 7.52. The van der Waals surface area contributed by atoms with Crippen LogP contribution < -0.4 is 0 Å². The van der Waals surface area contributed by atoms with Gasteiger partial charge in [-0.05, 0) is 35.9 Å². The van der Waals surface area contributed by atoms with Crippen LogP contribution in [0.25, 0.3) is 28.6 Å². The van der Waals surface area contributed by atoms with E-state index in [-0.39, 0.29) is 12.0 Å². The van der Waals surface area contributed by atoms with E-state index in [0.717, 1.165) is 11.1 Å². The van der Waals surface area contributed by atoms with Crippen LogP contribution in [0.3, 0.4) is 0 Å². The first-order chi connectivity index (χ1) is 11.6. The maximum Gasteiger partial charge on any atom is 0.339 e. The Labute approximate surface area is 138 Å². The summed E-state index contributed by atoms with van der Waals surface area (Å²) in [5, 5.41) is 9.14. The normalized spacial score (nSPS) is 11.6. The number of aliphatic carboxylic acids is 1. The molecule has 1 aromatic heterocycles. The molecule has 3 rings (SSSR count). The third kappa shape index (κ3) is 3.10. The molecule has 0 atom stereocenters. The van der Waals surface area contributed by atoms with E-state index >= 15 is 0 Å². The summed E-state index contributed by atoms with van der Waals surface area (Å²) in [6.07, 6.45) is 1.53. The van der Waals surface area contributed by atoms with Gasteiger partial charge in [0.15, 0.2) is 11.4 Å². The summed E-state index contributed by atoms with van der Waals surface area (Å²) >= 11 is 0. The number of carboxylic acids is 1. The predicted octanol–water partition coefficient (Wildman–Crippen LogP) is 3.94. The van der Waals surface area contributed by atoms with Crippen LogP contribution in [-0.4, -0.2) is 21.8 Å². The molecule has 0 saturated heterocycles. The van der Waals surface area contributed by atoms with Crippen LogP contribution in [0.5, 0.6) is 0 Å². The van der Waals surface area contributed by atoms with Gasteiger partial charge in [-0.15, -0.1) is 0 Å². The van der Waals surface area contributed by atoms with Crippen molar-refractivity contribution in [1.29, 1.82) is 0 Å². The van der Waals surface area contributed by atoms with Gasteiger partial charge in [0.25, 0.3) is 0 Å². The van der Waals surface area contributed by atoms with Gasteiger partial charge in [-0.2, -0.15) is 0 Å². The van der Waals surface area contributed by atoms with Gasteiger partial charge in [0.05, 0.1) is 0 Å². The zero-order chi connectivity index (χ0) is 17.1. The Hall–Kier alpha value is -3.21. The second kappa shape index (κ2) is 6.50. The highest BCUT2D eigenvalue weighted by atomic mass is 16.4. The molecule has 24 heavy (non-hydrogen) atoms. The molecule has 0 saturated carbocycles. The molecule has 0 fully saturated rings. The molecule has 1 N–H and O–H groups in total. The lowest BCUT2D eigenvalue weighted by molar-refractivity contribution is -0.134. The van der Waals surface area contributed by atoms with Crippen molar-refractivity contribution < 1.29 is 19.1 Å². The quantitative estimate of drug-likeness (QED) is 0.437. The maximum absolute atomic E-state index is 11.7. The number of hydrogen-bond acceptors (Lipinski definition) is 4. The molecule has 0 unspecified atom stereocenters. The van der Waals surface area contributed by atoms with Gasteiger partial charge in [-0.3, -0.25) is 4.79 Å². The molecule has 0 spiro atoms. The summed E-state index contributed by atoms with van der Waals surface area (Å²) in [4.78, 5) is 27.3. The molecule has 1 heterocycles. The molecule has 5 nitrogen and oxygen atoms in total. The average molecular weight is 321 g/mol. The summed E-state index contributed by atoms with van der Waals surface area (Å²) in [6.45, 7) is 1.63. The number of fused-ring (bicyclic) bond motifs is 1. The van der Waals surface area contributed by atoms with Crippen LogP contribution in [0.2, 0.25) is 0 Å². The molecule has 0 radical (unpaired) electrons. The molecule has 0 bridgehead atoms. The topological polar surface area (TPSA) is 80.4 Å². The van der Waals surface area contributed by atoms with E-state index in [4.69, 9.17) is 9.52 Å². The average Bonchev–Trinajstić information content (AvgIpc) is 3.03. The number of nitrogens with zero attached hydrogens (tertiary/aromatic N) is 1. The molecule has 0 aliphatic carbocycles. The first-order valence-corrected chi connectivity index (χ1v) is 7.52. The Morgan fingerprint density at radius 2 is 1.83 bits per heavy atom. The van der Waals surface area contributed by atoms with Gasteiger partial charge < -0.3 is 9.52 Å². The number of hydrogen-bond donors (Lipinski definition) is 1. The first kappa shape index (κ1) is 15.7. The number of carbonyl (C=O) groups is 2. The zero-order valence-corrected chi connectivity index (χ0v) is 13.0. The fourth-order valence-corrected chi connectivity index (χ4v) is 2.34. The number of benzene rings is 2. The van der Waals surface area contributed by atoms with Gasteiger partial charge in [0.2, 0.25) is 5.89 Å². The van der Waals surface area contributed by atoms with Gasteiger partial charge in [-0.1, -0.05) is 31.2 Å². The number of Topliss-reactive ketones (excluding diaryl/α,β-unsaturated/α-hetero) is 1. The molecule has 0 amide bonds. The summed E-state index contributed by atoms with van der Waals surface area (Å²) < 4.78 is 5.69. The monoisotopic (exact) mass is 321 g/mol. The van der Waals surface area contributed by atoms with Crippen LogP contribution in [-0.2, 0) is 9.59 Å². The van der Waals surface area contributed by atoms with Crippen molar-refractivity contribution >= 4 is 28.9 Å². The predicted molar refractivity (Wildman–Crippen MR) is 90.4 cm³/mol. The van der Waals surface area contributed by atoms with E-state index in [1.54, 1.807) is 31.2 Å². The van der Waals surface area contributed by atoms with Crippen LogP contribution in [0.15, 0.2) is 58.5 Å². The second-order valence-electron chi connectivity index (χ2n) is 5.25. The third-order valence-corrected chi connectivity index (χ3v) is 3.61. The minimum Gasteiger partial charge on any atom is -0.478 e. The standard InChI is InChI=1S/C19H15NO4/c1-2-16(21)14(19(22)23)11-12-7-9-13(10-8-12)18-20-15-5-3-4-6-17(15)24-18/h3-11H,2H2,1H3,(H,22,23). The number of carbonyl (C=O) groups excluding carboxylic acids is 1. The van der Waals surface area contributed by atoms with E-state index in [1.807, 2.05) is 24.3 Å². The van der Waals surface area contributed by atoms with Crippen molar-refractivity contribution in [3.63, 3.8) is 0 Å². The highest BCUT2D eigenvalue weighted by Gasteiger charge is 2.15. The van der Waals surface area contributed by atoms with Gasteiger partial charge in [-0.25, -0.2) is 9.78 Å². The molecule has 2 aromatic carbocycles. The van der Waals surface area contributed by atoms with Crippen molar-refractivity contribution in [3.05, 3.63) is 59.7 Å². The van der Waals surface area contributed by atoms with Gasteiger partial charge in [0, 0.05) is 12.0 Å². The Bertz CT molecular complexity index is 902. The Kier molecular flexibility index (Phi) is 4.24. The minimum atomic E-state index is -1.22. The Morgan fingerprint density at radius 3 is 2.46 bits per heavy atom. The number of rotatable bonds is 5. The Morgan fingerprint density at radius 1 is 1.12 bits per heavy atom. The summed E-state index contributed by atoms with van der Waals surface area (Å²) in [6, 6.07) is 14.5. The van der Waals surface area contributed by atoms with Crippen molar-refractivity contribution in [3.8, 4) is 11.5 Å². The van der Waals surface area contributed by atoms with E-state index < -0.39 is 11.8 Å². The molecule has 5 heteroatoms. The van der Waals surface area contributed by atoms with E-state index in [9.17, 15) is 9.59 Å². The largest absolute Gasteiger partial charge is 0.478 e. The fraction of sp³-hybridized carbons (Fsp3) is 0.105. The smallest absolute Gasteiger partial charge is 0.339 e. The van der Waals surface area contributed by atoms with Crippen LogP contribution >= 0.6 is 0 Å². The summed E-state index contributed by atoms with van der Waals surface area (Å²) in [5.74, 6) is -1.12. The molecule has 3 aromatic rings. The second-order valence-corrected chi connectivity index (χ2v) is 5.25. The van der Waals surface area contributed by atoms with Crippen molar-refractivity contribution in [2.45, 2.75) is 13.3 Å². The van der Waals surface area contributed by atoms with Crippen LogP contribution in [0, 0.1) is 0 Å². The lowest BCUT2D eigenvalue weighted by atomic mass is 10.0. The molecule has 0 aliphatic rings. The molecule has 120 valence electrons. The lowest BCUT2D eigenvalue weighted by Crippen LogP contribution is -2.10. The lowest BCUT2D eigenvalue weighted by Gasteiger charge is -2.01. The number of carboxylic acid groups (broad SMARTS) is 1. The maximum atomic E-state index is 11.7. The minimum absolute atomic E-state index is 0.152. The van der Waals surface area contributed by atoms with Gasteiger partial charge >= 0.3 is 5.97 Å². The fourth-order valence-electron chi connectivity index (χ4n) is 2.34. The summed E-state index contributed by atoms with van der Waals surface area (Å²) in [7, 11) is 0. The molecule has 0 aliphatic heterocycles. The SMILES string of the molecule is CCC(=O)C(=Cc1ccc(-c2nc3ccccc3o2)cc1)C(=O)O. The van der Waals surface area contributed by atoms with Crippen molar-refractivity contribution in [1.82, 2.24) is 4.98 Å². The van der Waals surface area contributed by atoms with E-state index in [1.165, 1.54) is 6.08 Å². The molecular weight excluding hydrogens is 306 g/mol. The highest BCUT2D eigenvalue weighted by molar-refractivity contribution is 6.19. The number of ketones is 1. The van der Waals surface area contributed by atoms with E-state index in [0.29, 0.717) is 17.0 Å². The van der Waals surface area contributed by atoms with Gasteiger partial charge in [0.1, 0.15) is 11.1 Å². The molecular formula is C19H15NO4. The van der Waals surface area contributed by atoms with Crippen molar-refractivity contribution in [2.24, 2.45) is 0 Å². The highest BCUT2D eigenvalue weighted by Crippen LogP contribution is 2.24. The summed E-state index contributed by atoms with van der Waals surface area (Å²) in [5.41, 5.74) is 2.68. The number of para-hydroxylation sites is 2. The van der Waals surface area contributed by atoms with Crippen molar-refractivity contribution in [2.75, 3.05) is 0 Å². The van der Waals surface area contributed by atoms with E-state index in [2.05, 4.69) is 4.98 Å². The zero-order valence-electron chi connectivity index (χ0n) is 13.0. The number of oxazole rings is 1. The Balaban J connectivity index is 1.92. The number of aromatic nitrogens is 1. The third-order valence-electron chi connectivity index (χ3n) is 3.61.